The summed E-state index contributed by atoms with van der Waals surface area (Å²) >= 11 is 0. The Morgan fingerprint density at radius 2 is 1.95 bits per heavy atom. The predicted molar refractivity (Wildman–Crippen MR) is 91.9 cm³/mol. The second-order valence-corrected chi connectivity index (χ2v) is 7.84. The highest BCUT2D eigenvalue weighted by atomic mass is 33.5. The van der Waals surface area contributed by atoms with Gasteiger partial charge in [0, 0.05) is 11.9 Å². The summed E-state index contributed by atoms with van der Waals surface area (Å²) in [5, 5.41) is 0. The molecule has 0 unspecified atom stereocenters. The van der Waals surface area contributed by atoms with Gasteiger partial charge in [-0.3, -0.25) is 9.98 Å². The molecule has 0 saturated heterocycles. The second-order valence-electron chi connectivity index (χ2n) is 3.66. The fourth-order valence-electron chi connectivity index (χ4n) is 1.42. The Bertz CT molecular complexity index is 537. The summed E-state index contributed by atoms with van der Waals surface area (Å²) in [4.78, 5) is 8.19. The zero-order valence-electron chi connectivity index (χ0n) is 10.8. The maximum atomic E-state index is 5.66. The predicted octanol–water partition coefficient (Wildman–Crippen LogP) is 4.98. The third-order valence-corrected chi connectivity index (χ3v) is 6.10. The van der Waals surface area contributed by atoms with Gasteiger partial charge in [-0.05, 0) is 51.6 Å². The smallest absolute Gasteiger partial charge is 0.146 e. The van der Waals surface area contributed by atoms with Crippen LogP contribution in [0.15, 0.2) is 53.7 Å². The normalized spacial score (nSPS) is 10.2. The average Bonchev–Trinajstić information content (AvgIpc) is 2.52. The minimum Gasteiger partial charge on any atom is -0.480 e. The molecule has 0 radical (unpaired) electrons. The zero-order valence-corrected chi connectivity index (χ0v) is 13.2. The third-order valence-electron chi connectivity index (χ3n) is 2.33. The molecule has 1 aromatic heterocycles. The number of pyridine rings is 1. The van der Waals surface area contributed by atoms with E-state index in [4.69, 9.17) is 4.74 Å². The lowest BCUT2D eigenvalue weighted by atomic mass is 10.3. The lowest BCUT2D eigenvalue weighted by Crippen LogP contribution is -1.90. The number of aromatic nitrogens is 1. The van der Waals surface area contributed by atoms with Crippen LogP contribution in [0.1, 0.15) is 5.69 Å². The monoisotopic (exact) mass is 322 g/mol. The van der Waals surface area contributed by atoms with Crippen LogP contribution in [0.5, 0.6) is 5.75 Å². The number of hydrogen-bond acceptors (Lipinski definition) is 6. The molecule has 2 rings (SSSR count). The molecule has 20 heavy (non-hydrogen) atoms. The Kier molecular flexibility index (Phi) is 6.83. The first kappa shape index (κ1) is 15.3. The van der Waals surface area contributed by atoms with Gasteiger partial charge < -0.3 is 4.74 Å². The zero-order chi connectivity index (χ0) is 14.0. The van der Waals surface area contributed by atoms with Crippen LogP contribution in [0.4, 0.5) is 5.69 Å². The largest absolute Gasteiger partial charge is 0.480 e. The van der Waals surface area contributed by atoms with Gasteiger partial charge in [0.05, 0.1) is 5.69 Å². The summed E-state index contributed by atoms with van der Waals surface area (Å²) in [6.07, 6.45) is 1.82. The second kappa shape index (κ2) is 8.94. The number of ether oxygens (including phenoxy) is 1. The summed E-state index contributed by atoms with van der Waals surface area (Å²) in [5.74, 6) is 2.24. The molecule has 0 fully saturated rings. The molecule has 0 N–H and O–H groups in total. The van der Waals surface area contributed by atoms with Gasteiger partial charge in [-0.15, -0.1) is 0 Å². The van der Waals surface area contributed by atoms with Crippen molar-refractivity contribution in [2.24, 2.45) is 4.99 Å². The molecule has 2 aromatic rings. The average molecular weight is 322 g/mol. The van der Waals surface area contributed by atoms with Crippen molar-refractivity contribution in [2.75, 3.05) is 5.94 Å². The summed E-state index contributed by atoms with van der Waals surface area (Å²) < 4.78 is 5.66. The number of aliphatic imine (C=N–C) groups is 1. The quantitative estimate of drug-likeness (QED) is 0.296. The molecule has 0 amide bonds. The van der Waals surface area contributed by atoms with E-state index in [-0.39, 0.29) is 0 Å². The Hall–Kier alpha value is -1.11. The van der Waals surface area contributed by atoms with Crippen LogP contribution in [0.25, 0.3) is 0 Å². The minimum atomic E-state index is 0.576. The van der Waals surface area contributed by atoms with Gasteiger partial charge >= 0.3 is 0 Å². The molecule has 0 atom stereocenters. The highest BCUT2D eigenvalue weighted by Crippen LogP contribution is 2.37. The van der Waals surface area contributed by atoms with Crippen molar-refractivity contribution in [3.63, 3.8) is 0 Å². The maximum Gasteiger partial charge on any atom is 0.146 e. The van der Waals surface area contributed by atoms with Crippen LogP contribution in [-0.2, 0) is 5.75 Å². The Balaban J connectivity index is 1.63. The highest BCUT2D eigenvalue weighted by molar-refractivity contribution is 9.09. The van der Waals surface area contributed by atoms with Gasteiger partial charge in [0.25, 0.3) is 0 Å². The first-order chi connectivity index (χ1) is 9.90. The molecule has 0 saturated carbocycles. The van der Waals surface area contributed by atoms with E-state index < -0.39 is 0 Å². The standard InChI is InChI=1S/C14H14N2OS3/c1-15-13-7-2-3-8-14(13)17-11-19-20-18-10-12-6-4-5-9-16-12/h2-9H,1,10-11H2. The molecular weight excluding hydrogens is 308 g/mol. The van der Waals surface area contributed by atoms with Crippen molar-refractivity contribution in [2.45, 2.75) is 5.75 Å². The Morgan fingerprint density at radius 1 is 1.10 bits per heavy atom. The number of benzene rings is 1. The van der Waals surface area contributed by atoms with E-state index in [1.807, 2.05) is 48.7 Å². The number of hydrogen-bond donors (Lipinski definition) is 0. The molecule has 0 aliphatic heterocycles. The lowest BCUT2D eigenvalue weighted by Gasteiger charge is -2.07. The number of para-hydroxylation sites is 2. The molecule has 0 spiro atoms. The molecule has 1 heterocycles. The molecule has 104 valence electrons. The van der Waals surface area contributed by atoms with Crippen molar-refractivity contribution in [1.82, 2.24) is 4.98 Å². The van der Waals surface area contributed by atoms with Crippen LogP contribution in [0.3, 0.4) is 0 Å². The van der Waals surface area contributed by atoms with E-state index >= 15 is 0 Å². The molecule has 0 bridgehead atoms. The third kappa shape index (κ3) is 5.11. The first-order valence-electron chi connectivity index (χ1n) is 5.89. The van der Waals surface area contributed by atoms with Gasteiger partial charge in [0.2, 0.25) is 0 Å². The van der Waals surface area contributed by atoms with Crippen LogP contribution in [0, 0.1) is 0 Å². The van der Waals surface area contributed by atoms with E-state index in [1.165, 1.54) is 0 Å². The van der Waals surface area contributed by atoms with Crippen LogP contribution >= 0.6 is 31.4 Å². The molecule has 0 aliphatic carbocycles. The number of nitrogens with zero attached hydrogens (tertiary/aromatic N) is 2. The Morgan fingerprint density at radius 3 is 2.75 bits per heavy atom. The first-order valence-corrected chi connectivity index (χ1v) is 9.72. The summed E-state index contributed by atoms with van der Waals surface area (Å²) in [5.41, 5.74) is 1.87. The van der Waals surface area contributed by atoms with Crippen molar-refractivity contribution < 1.29 is 4.74 Å². The topological polar surface area (TPSA) is 34.5 Å². The molecule has 1 aromatic carbocycles. The fourth-order valence-corrected chi connectivity index (χ4v) is 4.41. The summed E-state index contributed by atoms with van der Waals surface area (Å²) in [6.45, 7) is 3.53. The van der Waals surface area contributed by atoms with Crippen LogP contribution in [-0.4, -0.2) is 17.6 Å². The van der Waals surface area contributed by atoms with Gasteiger partial charge in [-0.1, -0.05) is 29.0 Å². The fraction of sp³-hybridized carbons (Fsp3) is 0.143. The Labute approximate surface area is 130 Å². The maximum absolute atomic E-state index is 5.66. The van der Waals surface area contributed by atoms with Crippen molar-refractivity contribution in [1.29, 1.82) is 0 Å². The summed E-state index contributed by atoms with van der Waals surface area (Å²) in [6, 6.07) is 13.6. The lowest BCUT2D eigenvalue weighted by molar-refractivity contribution is 0.396. The highest BCUT2D eigenvalue weighted by Gasteiger charge is 2.01. The van der Waals surface area contributed by atoms with E-state index in [9.17, 15) is 0 Å². The molecule has 3 nitrogen and oxygen atoms in total. The van der Waals surface area contributed by atoms with Gasteiger partial charge in [-0.25, -0.2) is 0 Å². The van der Waals surface area contributed by atoms with Crippen molar-refractivity contribution >= 4 is 43.8 Å². The van der Waals surface area contributed by atoms with Crippen LogP contribution in [0.2, 0.25) is 0 Å². The van der Waals surface area contributed by atoms with Crippen LogP contribution < -0.4 is 4.74 Å². The van der Waals surface area contributed by atoms with E-state index in [2.05, 4.69) is 16.7 Å². The molecular formula is C14H14N2OS3. The van der Waals surface area contributed by atoms with Gasteiger partial charge in [-0.2, -0.15) is 0 Å². The number of rotatable bonds is 8. The van der Waals surface area contributed by atoms with Crippen molar-refractivity contribution in [3.8, 4) is 5.75 Å². The molecule has 0 aliphatic rings. The van der Waals surface area contributed by atoms with E-state index in [0.717, 1.165) is 22.9 Å². The summed E-state index contributed by atoms with van der Waals surface area (Å²) in [7, 11) is 5.11. The van der Waals surface area contributed by atoms with Gasteiger partial charge in [0.1, 0.15) is 17.4 Å². The molecule has 6 heteroatoms. The van der Waals surface area contributed by atoms with E-state index in [0.29, 0.717) is 5.94 Å². The van der Waals surface area contributed by atoms with Crippen molar-refractivity contribution in [3.05, 3.63) is 54.4 Å². The van der Waals surface area contributed by atoms with Gasteiger partial charge in [0.15, 0.2) is 0 Å². The van der Waals surface area contributed by atoms with E-state index in [1.54, 1.807) is 31.4 Å². The SMILES string of the molecule is C=Nc1ccccc1OCSSSCc1ccccn1. The minimum absolute atomic E-state index is 0.576.